The number of aromatic nitrogens is 1. The fourth-order valence-electron chi connectivity index (χ4n) is 2.88. The Morgan fingerprint density at radius 2 is 2.07 bits per heavy atom. The van der Waals surface area contributed by atoms with Crippen LogP contribution >= 0.6 is 11.3 Å². The lowest BCUT2D eigenvalue weighted by atomic mass is 9.99. The van der Waals surface area contributed by atoms with E-state index in [0.29, 0.717) is 35.8 Å². The first-order valence-corrected chi connectivity index (χ1v) is 10.9. The number of benzene rings is 1. The van der Waals surface area contributed by atoms with Crippen molar-refractivity contribution in [2.24, 2.45) is 5.92 Å². The average Bonchev–Trinajstić information content (AvgIpc) is 3.09. The Bertz CT molecular complexity index is 955. The van der Waals surface area contributed by atoms with Gasteiger partial charge in [0, 0.05) is 36.2 Å². The third-order valence-corrected chi connectivity index (χ3v) is 6.36. The minimum atomic E-state index is -3.31. The van der Waals surface area contributed by atoms with E-state index in [0.717, 1.165) is 6.26 Å². The summed E-state index contributed by atoms with van der Waals surface area (Å²) >= 11 is 1.24. The van der Waals surface area contributed by atoms with Gasteiger partial charge in [-0.25, -0.2) is 17.7 Å². The Labute approximate surface area is 160 Å². The van der Waals surface area contributed by atoms with Crippen molar-refractivity contribution in [3.63, 3.8) is 0 Å². The molecule has 1 fully saturated rings. The van der Waals surface area contributed by atoms with Crippen LogP contribution in [-0.4, -0.2) is 47.9 Å². The minimum absolute atomic E-state index is 0.00441. The number of amides is 1. The molecule has 1 atom stereocenters. The van der Waals surface area contributed by atoms with Gasteiger partial charge in [0.15, 0.2) is 5.13 Å². The van der Waals surface area contributed by atoms with E-state index in [1.807, 2.05) is 0 Å². The summed E-state index contributed by atoms with van der Waals surface area (Å²) in [5, 5.41) is 15.6. The molecule has 144 valence electrons. The number of carbonyl (C=O) groups excluding carboxylic acids is 1. The number of nitrogens with zero attached hydrogens (tertiary/aromatic N) is 3. The molecule has 1 aliphatic rings. The number of hydrogen-bond donors (Lipinski definition) is 1. The van der Waals surface area contributed by atoms with Crippen LogP contribution in [-0.2, 0) is 14.8 Å². The molecule has 2 aromatic rings. The first-order chi connectivity index (χ1) is 12.7. The van der Waals surface area contributed by atoms with E-state index in [9.17, 15) is 23.3 Å². The summed E-state index contributed by atoms with van der Waals surface area (Å²) in [6.07, 6.45) is 2.40. The Morgan fingerprint density at radius 3 is 2.70 bits per heavy atom. The van der Waals surface area contributed by atoms with Crippen molar-refractivity contribution in [3.8, 4) is 11.3 Å². The molecule has 9 nitrogen and oxygen atoms in total. The molecule has 11 heteroatoms. The van der Waals surface area contributed by atoms with Crippen molar-refractivity contribution < 1.29 is 18.1 Å². The number of thiazole rings is 1. The molecule has 0 bridgehead atoms. The number of anilines is 1. The molecule has 0 radical (unpaired) electrons. The molecule has 1 aromatic heterocycles. The van der Waals surface area contributed by atoms with E-state index in [1.54, 1.807) is 17.5 Å². The maximum Gasteiger partial charge on any atom is 0.269 e. The van der Waals surface area contributed by atoms with Gasteiger partial charge in [-0.15, -0.1) is 11.3 Å². The van der Waals surface area contributed by atoms with Crippen molar-refractivity contribution in [1.29, 1.82) is 0 Å². The van der Waals surface area contributed by atoms with Gasteiger partial charge in [-0.2, -0.15) is 0 Å². The second-order valence-electron chi connectivity index (χ2n) is 6.29. The topological polar surface area (TPSA) is 123 Å². The highest BCUT2D eigenvalue weighted by molar-refractivity contribution is 7.88. The maximum absolute atomic E-state index is 12.5. The van der Waals surface area contributed by atoms with Gasteiger partial charge >= 0.3 is 0 Å². The zero-order valence-corrected chi connectivity index (χ0v) is 16.1. The van der Waals surface area contributed by atoms with Crippen LogP contribution in [0, 0.1) is 16.0 Å². The zero-order valence-electron chi connectivity index (χ0n) is 14.5. The third kappa shape index (κ3) is 4.67. The number of sulfonamides is 1. The van der Waals surface area contributed by atoms with E-state index in [1.165, 1.54) is 27.8 Å². The molecule has 2 heterocycles. The van der Waals surface area contributed by atoms with Gasteiger partial charge in [-0.05, 0) is 25.0 Å². The monoisotopic (exact) mass is 410 g/mol. The van der Waals surface area contributed by atoms with Gasteiger partial charge in [-0.1, -0.05) is 0 Å². The number of non-ortho nitro benzene ring substituents is 1. The quantitative estimate of drug-likeness (QED) is 0.596. The Balaban J connectivity index is 1.66. The summed E-state index contributed by atoms with van der Waals surface area (Å²) in [4.78, 5) is 27.0. The first-order valence-electron chi connectivity index (χ1n) is 8.20. The number of nitrogens with one attached hydrogen (secondary N) is 1. The van der Waals surface area contributed by atoms with Crippen LogP contribution in [0.15, 0.2) is 29.6 Å². The van der Waals surface area contributed by atoms with E-state index in [2.05, 4.69) is 10.3 Å². The van der Waals surface area contributed by atoms with Gasteiger partial charge in [0.05, 0.1) is 22.8 Å². The summed E-state index contributed by atoms with van der Waals surface area (Å²) in [7, 11) is -3.31. The molecular weight excluding hydrogens is 392 g/mol. The van der Waals surface area contributed by atoms with Crippen LogP contribution in [0.3, 0.4) is 0 Å². The van der Waals surface area contributed by atoms with E-state index >= 15 is 0 Å². The predicted molar refractivity (Wildman–Crippen MR) is 102 cm³/mol. The first kappa shape index (κ1) is 19.4. The molecule has 0 spiro atoms. The van der Waals surface area contributed by atoms with Crippen molar-refractivity contribution in [2.75, 3.05) is 24.7 Å². The van der Waals surface area contributed by atoms with Gasteiger partial charge in [0.25, 0.3) is 5.69 Å². The highest BCUT2D eigenvalue weighted by Crippen LogP contribution is 2.27. The highest BCUT2D eigenvalue weighted by atomic mass is 32.2. The Morgan fingerprint density at radius 1 is 1.37 bits per heavy atom. The molecule has 0 saturated carbocycles. The van der Waals surface area contributed by atoms with Gasteiger partial charge in [-0.3, -0.25) is 14.9 Å². The van der Waals surface area contributed by atoms with Gasteiger partial charge in [0.2, 0.25) is 15.9 Å². The Hall–Kier alpha value is -2.37. The number of carbonyl (C=O) groups is 1. The normalized spacial score (nSPS) is 18.2. The molecule has 1 N–H and O–H groups in total. The fraction of sp³-hybridized carbons (Fsp3) is 0.375. The number of rotatable bonds is 5. The lowest BCUT2D eigenvalue weighted by molar-refractivity contribution is -0.384. The SMILES string of the molecule is CS(=O)(=O)N1CCCC(C(=O)Nc2nc(-c3ccc([N+](=O)[O-])cc3)cs2)C1. The summed E-state index contributed by atoms with van der Waals surface area (Å²) < 4.78 is 24.7. The smallest absolute Gasteiger partial charge is 0.269 e. The minimum Gasteiger partial charge on any atom is -0.302 e. The third-order valence-electron chi connectivity index (χ3n) is 4.33. The molecule has 3 rings (SSSR count). The van der Waals surface area contributed by atoms with Crippen LogP contribution in [0.1, 0.15) is 12.8 Å². The van der Waals surface area contributed by atoms with Crippen molar-refractivity contribution >= 4 is 38.1 Å². The van der Waals surface area contributed by atoms with E-state index in [4.69, 9.17) is 0 Å². The molecule has 1 amide bonds. The lowest BCUT2D eigenvalue weighted by Crippen LogP contribution is -2.43. The number of hydrogen-bond acceptors (Lipinski definition) is 7. The Kier molecular flexibility index (Phi) is 5.53. The van der Waals surface area contributed by atoms with Crippen LogP contribution < -0.4 is 5.32 Å². The molecular formula is C16H18N4O5S2. The van der Waals surface area contributed by atoms with Crippen molar-refractivity contribution in [1.82, 2.24) is 9.29 Å². The van der Waals surface area contributed by atoms with Crippen LogP contribution in [0.25, 0.3) is 11.3 Å². The fourth-order valence-corrected chi connectivity index (χ4v) is 4.52. The maximum atomic E-state index is 12.5. The van der Waals surface area contributed by atoms with Crippen molar-refractivity contribution in [2.45, 2.75) is 12.8 Å². The lowest BCUT2D eigenvalue weighted by Gasteiger charge is -2.29. The second kappa shape index (κ2) is 7.71. The second-order valence-corrected chi connectivity index (χ2v) is 9.13. The largest absolute Gasteiger partial charge is 0.302 e. The number of nitro groups is 1. The van der Waals surface area contributed by atoms with Gasteiger partial charge in [0.1, 0.15) is 0 Å². The molecule has 1 saturated heterocycles. The zero-order chi connectivity index (χ0) is 19.6. The summed E-state index contributed by atoms with van der Waals surface area (Å²) in [5.74, 6) is -0.673. The summed E-state index contributed by atoms with van der Waals surface area (Å²) in [5.41, 5.74) is 1.31. The van der Waals surface area contributed by atoms with Crippen LogP contribution in [0.2, 0.25) is 0 Å². The predicted octanol–water partition coefficient (Wildman–Crippen LogP) is 2.33. The van der Waals surface area contributed by atoms with Crippen LogP contribution in [0.5, 0.6) is 0 Å². The van der Waals surface area contributed by atoms with Gasteiger partial charge < -0.3 is 5.32 Å². The van der Waals surface area contributed by atoms with E-state index in [-0.39, 0.29) is 18.1 Å². The summed E-state index contributed by atoms with van der Waals surface area (Å²) in [6, 6.07) is 6.00. The standard InChI is InChI=1S/C16H18N4O5S2/c1-27(24,25)19-8-2-3-12(9-19)15(21)18-16-17-14(10-26-16)11-4-6-13(7-5-11)20(22)23/h4-7,10,12H,2-3,8-9H2,1H3,(H,17,18,21). The molecule has 1 unspecified atom stereocenters. The van der Waals surface area contributed by atoms with E-state index < -0.39 is 20.9 Å². The molecule has 1 aliphatic heterocycles. The summed E-state index contributed by atoms with van der Waals surface area (Å²) in [6.45, 7) is 0.607. The van der Waals surface area contributed by atoms with Crippen molar-refractivity contribution in [3.05, 3.63) is 39.8 Å². The van der Waals surface area contributed by atoms with Crippen LogP contribution in [0.4, 0.5) is 10.8 Å². The molecule has 27 heavy (non-hydrogen) atoms. The molecule has 0 aliphatic carbocycles. The average molecular weight is 410 g/mol. The molecule has 1 aromatic carbocycles. The number of nitro benzene ring substituents is 1. The number of piperidine rings is 1. The highest BCUT2D eigenvalue weighted by Gasteiger charge is 2.30.